The number of morpholine rings is 1. The zero-order valence-corrected chi connectivity index (χ0v) is 23.0. The second-order valence-electron chi connectivity index (χ2n) is 9.02. The number of fused-ring (bicyclic) bond motifs is 1. The first-order valence-corrected chi connectivity index (χ1v) is 15.6. The minimum absolute atomic E-state index is 0.0554. The van der Waals surface area contributed by atoms with E-state index < -0.39 is 15.9 Å². The molecule has 2 aliphatic rings. The molecular weight excluding hydrogens is 540 g/mol. The van der Waals surface area contributed by atoms with E-state index in [0.717, 1.165) is 60.8 Å². The third-order valence-electron chi connectivity index (χ3n) is 6.62. The largest absolute Gasteiger partial charge is 0.379 e. The van der Waals surface area contributed by atoms with E-state index in [1.54, 1.807) is 11.0 Å². The third kappa shape index (κ3) is 5.77. The van der Waals surface area contributed by atoms with Gasteiger partial charge in [-0.2, -0.15) is 4.31 Å². The number of thiophene rings is 1. The molecule has 0 N–H and O–H groups in total. The van der Waals surface area contributed by atoms with E-state index in [4.69, 9.17) is 21.3 Å². The Kier molecular flexibility index (Phi) is 8.26. The van der Waals surface area contributed by atoms with Crippen LogP contribution in [0.5, 0.6) is 0 Å². The number of carbonyl (C=O) groups excluding carboxylic acids is 1. The molecule has 0 radical (unpaired) electrons. The van der Waals surface area contributed by atoms with Crippen LogP contribution in [0, 0.1) is 5.92 Å². The molecule has 0 saturated carbocycles. The van der Waals surface area contributed by atoms with E-state index >= 15 is 0 Å². The van der Waals surface area contributed by atoms with Crippen molar-refractivity contribution >= 4 is 65.6 Å². The lowest BCUT2D eigenvalue weighted by molar-refractivity contribution is -0.123. The van der Waals surface area contributed by atoms with E-state index in [2.05, 4.69) is 4.90 Å². The Balaban J connectivity index is 1.34. The Labute approximate surface area is 224 Å². The number of carbonyl (C=O) groups is 1. The number of benzene rings is 1. The molecule has 0 aliphatic carbocycles. The predicted octanol–water partition coefficient (Wildman–Crippen LogP) is 4.17. The number of nitrogens with zero attached hydrogens (tertiary/aromatic N) is 4. The van der Waals surface area contributed by atoms with Crippen LogP contribution < -0.4 is 4.90 Å². The van der Waals surface area contributed by atoms with Crippen molar-refractivity contribution < 1.29 is 17.9 Å². The number of rotatable bonds is 8. The summed E-state index contributed by atoms with van der Waals surface area (Å²) in [5, 5.41) is 0.674. The zero-order valence-electron chi connectivity index (χ0n) is 19.8. The van der Waals surface area contributed by atoms with Gasteiger partial charge in [0, 0.05) is 39.3 Å². The monoisotopic (exact) mass is 568 g/mol. The summed E-state index contributed by atoms with van der Waals surface area (Å²) in [5.74, 6) is -0.473. The quantitative estimate of drug-likeness (QED) is 0.406. The number of ether oxygens (including phenoxy) is 1. The molecule has 1 unspecified atom stereocenters. The van der Waals surface area contributed by atoms with Gasteiger partial charge in [-0.15, -0.1) is 11.3 Å². The molecule has 2 aliphatic heterocycles. The van der Waals surface area contributed by atoms with Crippen LogP contribution in [-0.4, -0.2) is 81.0 Å². The molecule has 12 heteroatoms. The summed E-state index contributed by atoms with van der Waals surface area (Å²) in [6, 6.07) is 11.0. The second kappa shape index (κ2) is 11.4. The molecule has 2 fully saturated rings. The maximum absolute atomic E-state index is 13.9. The third-order valence-corrected chi connectivity index (χ3v) is 11.2. The molecule has 0 spiro atoms. The molecule has 8 nitrogen and oxygen atoms in total. The van der Waals surface area contributed by atoms with Gasteiger partial charge in [-0.05, 0) is 43.5 Å². The van der Waals surface area contributed by atoms with Crippen LogP contribution in [0.3, 0.4) is 0 Å². The fourth-order valence-electron chi connectivity index (χ4n) is 4.70. The number of amides is 1. The van der Waals surface area contributed by atoms with Crippen LogP contribution in [0.1, 0.15) is 19.3 Å². The number of anilines is 1. The van der Waals surface area contributed by atoms with Gasteiger partial charge in [0.2, 0.25) is 5.91 Å². The minimum Gasteiger partial charge on any atom is -0.379 e. The summed E-state index contributed by atoms with van der Waals surface area (Å²) in [6.07, 6.45) is 2.10. The van der Waals surface area contributed by atoms with Gasteiger partial charge >= 0.3 is 0 Å². The van der Waals surface area contributed by atoms with Crippen molar-refractivity contribution in [3.63, 3.8) is 0 Å². The summed E-state index contributed by atoms with van der Waals surface area (Å²) in [7, 11) is -3.68. The first-order valence-electron chi connectivity index (χ1n) is 12.1. The number of hydrogen-bond acceptors (Lipinski definition) is 8. The molecule has 2 saturated heterocycles. The molecule has 1 atom stereocenters. The van der Waals surface area contributed by atoms with Gasteiger partial charge in [-0.25, -0.2) is 13.4 Å². The smallest absolute Gasteiger partial charge is 0.252 e. The molecule has 36 heavy (non-hydrogen) atoms. The highest BCUT2D eigenvalue weighted by Gasteiger charge is 2.36. The van der Waals surface area contributed by atoms with E-state index in [1.807, 2.05) is 24.3 Å². The molecule has 5 rings (SSSR count). The van der Waals surface area contributed by atoms with Crippen molar-refractivity contribution in [2.75, 3.05) is 57.4 Å². The number of para-hydroxylation sites is 1. The van der Waals surface area contributed by atoms with Crippen molar-refractivity contribution in [2.24, 2.45) is 5.92 Å². The highest BCUT2D eigenvalue weighted by atomic mass is 35.5. The fourth-order valence-corrected chi connectivity index (χ4v) is 8.86. The topological polar surface area (TPSA) is 83.1 Å². The van der Waals surface area contributed by atoms with Crippen molar-refractivity contribution in [3.8, 4) is 0 Å². The van der Waals surface area contributed by atoms with Crippen LogP contribution in [-0.2, 0) is 19.6 Å². The van der Waals surface area contributed by atoms with E-state index in [9.17, 15) is 13.2 Å². The lowest BCUT2D eigenvalue weighted by Crippen LogP contribution is -2.47. The van der Waals surface area contributed by atoms with Gasteiger partial charge in [-0.1, -0.05) is 35.1 Å². The summed E-state index contributed by atoms with van der Waals surface area (Å²) in [4.78, 5) is 22.8. The lowest BCUT2D eigenvalue weighted by Gasteiger charge is -2.34. The number of aromatic nitrogens is 1. The summed E-state index contributed by atoms with van der Waals surface area (Å²) in [6.45, 7) is 5.27. The van der Waals surface area contributed by atoms with Crippen LogP contribution in [0.2, 0.25) is 4.34 Å². The maximum atomic E-state index is 13.9. The Bertz CT molecular complexity index is 1270. The predicted molar refractivity (Wildman–Crippen MR) is 145 cm³/mol. The Morgan fingerprint density at radius 3 is 2.69 bits per heavy atom. The summed E-state index contributed by atoms with van der Waals surface area (Å²) >= 11 is 8.54. The molecule has 194 valence electrons. The van der Waals surface area contributed by atoms with E-state index in [1.165, 1.54) is 21.7 Å². The first kappa shape index (κ1) is 26.0. The van der Waals surface area contributed by atoms with Crippen LogP contribution >= 0.6 is 34.3 Å². The fraction of sp³-hybridized carbons (Fsp3) is 0.500. The Morgan fingerprint density at radius 2 is 1.94 bits per heavy atom. The van der Waals surface area contributed by atoms with Crippen LogP contribution in [0.25, 0.3) is 10.2 Å². The summed E-state index contributed by atoms with van der Waals surface area (Å²) in [5.41, 5.74) is 0.867. The standard InChI is InChI=1S/C24H29ClN4O4S3/c25-21-8-9-22(35-21)36(31,32)28-11-3-5-18(17-28)23(30)29(12-4-10-27-13-15-33-16-14-27)24-26-19-6-1-2-7-20(19)34-24/h1-2,6-9,18H,3-5,10-17H2. The molecule has 4 heterocycles. The first-order chi connectivity index (χ1) is 17.4. The number of halogens is 1. The molecule has 3 aromatic rings. The van der Waals surface area contributed by atoms with E-state index in [-0.39, 0.29) is 16.7 Å². The normalized spacial score (nSPS) is 20.1. The van der Waals surface area contributed by atoms with Gasteiger partial charge < -0.3 is 4.74 Å². The van der Waals surface area contributed by atoms with Crippen molar-refractivity contribution in [3.05, 3.63) is 40.7 Å². The van der Waals surface area contributed by atoms with Crippen molar-refractivity contribution in [1.29, 1.82) is 0 Å². The highest BCUT2D eigenvalue weighted by molar-refractivity contribution is 7.91. The zero-order chi connectivity index (χ0) is 25.1. The van der Waals surface area contributed by atoms with Gasteiger partial charge in [0.25, 0.3) is 10.0 Å². The Hall–Kier alpha value is -1.60. The molecular formula is C24H29ClN4O4S3. The molecule has 0 bridgehead atoms. The maximum Gasteiger partial charge on any atom is 0.252 e. The van der Waals surface area contributed by atoms with Gasteiger partial charge in [0.05, 0.1) is 33.7 Å². The number of thiazole rings is 1. The summed E-state index contributed by atoms with van der Waals surface area (Å²) < 4.78 is 35.0. The highest BCUT2D eigenvalue weighted by Crippen LogP contribution is 2.33. The number of piperidine rings is 1. The van der Waals surface area contributed by atoms with Gasteiger partial charge in [0.15, 0.2) is 5.13 Å². The lowest BCUT2D eigenvalue weighted by atomic mass is 9.98. The average Bonchev–Trinajstić information content (AvgIpc) is 3.53. The minimum atomic E-state index is -3.68. The van der Waals surface area contributed by atoms with Crippen LogP contribution in [0.4, 0.5) is 5.13 Å². The molecule has 1 amide bonds. The SMILES string of the molecule is O=C(C1CCCN(S(=O)(=O)c2ccc(Cl)s2)C1)N(CCCN1CCOCC1)c1nc2ccccc2s1. The van der Waals surface area contributed by atoms with Gasteiger partial charge in [-0.3, -0.25) is 14.6 Å². The number of hydrogen-bond donors (Lipinski definition) is 0. The van der Waals surface area contributed by atoms with E-state index in [0.29, 0.717) is 35.4 Å². The van der Waals surface area contributed by atoms with Crippen molar-refractivity contribution in [1.82, 2.24) is 14.2 Å². The molecule has 2 aromatic heterocycles. The second-order valence-corrected chi connectivity index (χ2v) is 13.9. The molecule has 1 aromatic carbocycles. The average molecular weight is 569 g/mol. The Morgan fingerprint density at radius 1 is 1.14 bits per heavy atom. The van der Waals surface area contributed by atoms with Gasteiger partial charge in [0.1, 0.15) is 4.21 Å². The van der Waals surface area contributed by atoms with Crippen LogP contribution in [0.15, 0.2) is 40.6 Å². The number of sulfonamides is 1. The van der Waals surface area contributed by atoms with Crippen molar-refractivity contribution in [2.45, 2.75) is 23.5 Å².